The van der Waals surface area contributed by atoms with Crippen LogP contribution >= 0.6 is 11.3 Å². The third-order valence-corrected chi connectivity index (χ3v) is 13.6. The zero-order valence-electron chi connectivity index (χ0n) is 32.8. The molecule has 0 unspecified atom stereocenters. The van der Waals surface area contributed by atoms with E-state index in [1.165, 1.54) is 75.0 Å². The Labute approximate surface area is 354 Å². The maximum absolute atomic E-state index is 5.46. The van der Waals surface area contributed by atoms with Gasteiger partial charge in [0.25, 0.3) is 0 Å². The van der Waals surface area contributed by atoms with Crippen molar-refractivity contribution in [1.29, 1.82) is 0 Å². The second kappa shape index (κ2) is 13.3. The Kier molecular flexibility index (Phi) is 7.44. The molecular weight excluding hydrogens is 761 g/mol. The minimum atomic E-state index is 0.657. The summed E-state index contributed by atoms with van der Waals surface area (Å²) >= 11 is 1.87. The van der Waals surface area contributed by atoms with Crippen molar-refractivity contribution in [2.45, 2.75) is 0 Å². The average Bonchev–Trinajstić information content (AvgIpc) is 3.99. The van der Waals surface area contributed by atoms with Crippen LogP contribution in [0.2, 0.25) is 0 Å². The molecule has 0 aliphatic rings. The quantitative estimate of drug-likeness (QED) is 0.174. The van der Waals surface area contributed by atoms with E-state index in [0.29, 0.717) is 5.95 Å². The van der Waals surface area contributed by atoms with Crippen LogP contribution in [0.4, 0.5) is 0 Å². The van der Waals surface area contributed by atoms with Gasteiger partial charge in [0.2, 0.25) is 5.95 Å². The van der Waals surface area contributed by atoms with E-state index in [0.717, 1.165) is 38.9 Å². The predicted octanol–water partition coefficient (Wildman–Crippen LogP) is 15.2. The largest absolute Gasteiger partial charge is 0.309 e. The molecule has 5 heteroatoms. The van der Waals surface area contributed by atoms with E-state index in [-0.39, 0.29) is 0 Å². The van der Waals surface area contributed by atoms with Gasteiger partial charge >= 0.3 is 0 Å². The number of aromatic nitrogens is 4. The van der Waals surface area contributed by atoms with Crippen LogP contribution in [0.3, 0.4) is 0 Å². The van der Waals surface area contributed by atoms with Gasteiger partial charge in [0.05, 0.1) is 33.3 Å². The first-order valence-corrected chi connectivity index (χ1v) is 21.5. The molecule has 0 bridgehead atoms. The zero-order chi connectivity index (χ0) is 40.0. The van der Waals surface area contributed by atoms with Crippen LogP contribution in [-0.2, 0) is 0 Å². The topological polar surface area (TPSA) is 35.6 Å². The van der Waals surface area contributed by atoms with Gasteiger partial charge in [0.15, 0.2) is 0 Å². The summed E-state index contributed by atoms with van der Waals surface area (Å²) in [7, 11) is 0. The van der Waals surface area contributed by atoms with Crippen molar-refractivity contribution in [2.24, 2.45) is 0 Å². The molecule has 0 saturated carbocycles. The number of hydrogen-bond donors (Lipinski definition) is 0. The third-order valence-electron chi connectivity index (χ3n) is 12.3. The second-order valence-electron chi connectivity index (χ2n) is 15.8. The Morgan fingerprint density at radius 3 is 1.72 bits per heavy atom. The SMILES string of the molecule is c1ccc(-c2ccc(-c3nc(-n4c5ccc(-c6ccc7c(c6)c6ccccc6n7-c6ccccc6)cc5c5c6sc7ccccc7c6ccc54)nc4ccccc34)cc2)cc1. The molecule has 61 heavy (non-hydrogen) atoms. The Balaban J connectivity index is 1.05. The monoisotopic (exact) mass is 794 g/mol. The fourth-order valence-electron chi connectivity index (χ4n) is 9.52. The van der Waals surface area contributed by atoms with E-state index in [9.17, 15) is 0 Å². The summed E-state index contributed by atoms with van der Waals surface area (Å²) in [5.41, 5.74) is 13.3. The van der Waals surface area contributed by atoms with Crippen molar-refractivity contribution in [3.63, 3.8) is 0 Å². The number of para-hydroxylation sites is 3. The number of benzene rings is 9. The molecular formula is C56H34N4S. The zero-order valence-corrected chi connectivity index (χ0v) is 33.6. The summed E-state index contributed by atoms with van der Waals surface area (Å²) in [6.45, 7) is 0. The minimum Gasteiger partial charge on any atom is -0.309 e. The summed E-state index contributed by atoms with van der Waals surface area (Å²) in [6.07, 6.45) is 0. The van der Waals surface area contributed by atoms with E-state index in [1.54, 1.807) is 0 Å². The van der Waals surface area contributed by atoms with Gasteiger partial charge in [-0.1, -0.05) is 146 Å². The molecule has 0 aliphatic carbocycles. The lowest BCUT2D eigenvalue weighted by Crippen LogP contribution is -2.03. The van der Waals surface area contributed by atoms with Crippen molar-refractivity contribution in [2.75, 3.05) is 0 Å². The second-order valence-corrected chi connectivity index (χ2v) is 16.8. The van der Waals surface area contributed by atoms with Crippen LogP contribution in [0, 0.1) is 0 Å². The molecule has 4 aromatic heterocycles. The molecule has 0 fully saturated rings. The van der Waals surface area contributed by atoms with Crippen LogP contribution in [0.5, 0.6) is 0 Å². The third kappa shape index (κ3) is 5.24. The van der Waals surface area contributed by atoms with Gasteiger partial charge in [-0.15, -0.1) is 11.3 Å². The lowest BCUT2D eigenvalue weighted by Gasteiger charge is -2.12. The van der Waals surface area contributed by atoms with Crippen molar-refractivity contribution in [3.05, 3.63) is 206 Å². The lowest BCUT2D eigenvalue weighted by molar-refractivity contribution is 1.01. The molecule has 13 rings (SSSR count). The van der Waals surface area contributed by atoms with Gasteiger partial charge in [-0.25, -0.2) is 9.97 Å². The molecule has 0 amide bonds. The van der Waals surface area contributed by atoms with Crippen LogP contribution < -0.4 is 0 Å². The highest BCUT2D eigenvalue weighted by Crippen LogP contribution is 2.45. The number of rotatable bonds is 5. The summed E-state index contributed by atoms with van der Waals surface area (Å²) < 4.78 is 7.21. The van der Waals surface area contributed by atoms with E-state index in [4.69, 9.17) is 9.97 Å². The number of thiophene rings is 1. The fourth-order valence-corrected chi connectivity index (χ4v) is 10.8. The molecule has 0 N–H and O–H groups in total. The van der Waals surface area contributed by atoms with Crippen LogP contribution in [0.1, 0.15) is 0 Å². The van der Waals surface area contributed by atoms with Gasteiger partial charge in [0.1, 0.15) is 0 Å². The molecule has 284 valence electrons. The van der Waals surface area contributed by atoms with Crippen molar-refractivity contribution >= 4 is 86.0 Å². The highest BCUT2D eigenvalue weighted by molar-refractivity contribution is 7.26. The first-order valence-electron chi connectivity index (χ1n) is 20.7. The predicted molar refractivity (Wildman–Crippen MR) is 257 cm³/mol. The van der Waals surface area contributed by atoms with Gasteiger partial charge in [0, 0.05) is 58.4 Å². The van der Waals surface area contributed by atoms with E-state index in [1.807, 2.05) is 11.3 Å². The lowest BCUT2D eigenvalue weighted by atomic mass is 10.00. The highest BCUT2D eigenvalue weighted by Gasteiger charge is 2.22. The van der Waals surface area contributed by atoms with Gasteiger partial charge in [-0.05, 0) is 82.9 Å². The Morgan fingerprint density at radius 1 is 0.344 bits per heavy atom. The van der Waals surface area contributed by atoms with Gasteiger partial charge < -0.3 is 4.57 Å². The molecule has 9 aromatic carbocycles. The van der Waals surface area contributed by atoms with Crippen LogP contribution in [0.15, 0.2) is 206 Å². The smallest absolute Gasteiger partial charge is 0.235 e. The first-order chi connectivity index (χ1) is 30.2. The van der Waals surface area contributed by atoms with E-state index < -0.39 is 0 Å². The molecule has 4 nitrogen and oxygen atoms in total. The Hall–Kier alpha value is -7.86. The Bertz CT molecular complexity index is 3860. The fraction of sp³-hybridized carbons (Fsp3) is 0. The standard InChI is InChI=1S/C56H34N4S/c1-3-13-35(14-4-1)36-23-25-37(26-24-36)54-44-19-7-10-20-47(44)57-56(58-54)60-50-31-28-39(34-46(50)53-51(60)32-29-43-42-18-9-12-22-52(42)61-55(43)53)38-27-30-49-45(33-38)41-17-8-11-21-48(41)59(49)40-15-5-2-6-16-40/h1-34H. The Morgan fingerprint density at radius 2 is 0.918 bits per heavy atom. The summed E-state index contributed by atoms with van der Waals surface area (Å²) in [4.78, 5) is 10.8. The number of nitrogens with zero attached hydrogens (tertiary/aromatic N) is 4. The molecule has 0 radical (unpaired) electrons. The van der Waals surface area contributed by atoms with Crippen molar-refractivity contribution < 1.29 is 0 Å². The summed E-state index contributed by atoms with van der Waals surface area (Å²) in [5.74, 6) is 0.657. The molecule has 13 aromatic rings. The number of fused-ring (bicyclic) bond motifs is 11. The molecule has 0 spiro atoms. The molecule has 0 aliphatic heterocycles. The maximum Gasteiger partial charge on any atom is 0.235 e. The summed E-state index contributed by atoms with van der Waals surface area (Å²) in [5, 5.41) is 8.46. The molecule has 4 heterocycles. The van der Waals surface area contributed by atoms with Crippen molar-refractivity contribution in [1.82, 2.24) is 19.1 Å². The minimum absolute atomic E-state index is 0.657. The maximum atomic E-state index is 5.46. The molecule has 0 atom stereocenters. The molecule has 0 saturated heterocycles. The van der Waals surface area contributed by atoms with Crippen molar-refractivity contribution in [3.8, 4) is 45.1 Å². The van der Waals surface area contributed by atoms with Gasteiger partial charge in [-0.3, -0.25) is 4.57 Å². The van der Waals surface area contributed by atoms with E-state index >= 15 is 0 Å². The summed E-state index contributed by atoms with van der Waals surface area (Å²) in [6, 6.07) is 74.2. The van der Waals surface area contributed by atoms with E-state index in [2.05, 4.69) is 215 Å². The van der Waals surface area contributed by atoms with Gasteiger partial charge in [-0.2, -0.15) is 0 Å². The average molecular weight is 795 g/mol. The highest BCUT2D eigenvalue weighted by atomic mass is 32.1. The number of hydrogen-bond acceptors (Lipinski definition) is 3. The van der Waals surface area contributed by atoms with Crippen LogP contribution in [-0.4, -0.2) is 19.1 Å². The normalized spacial score (nSPS) is 11.9. The van der Waals surface area contributed by atoms with Crippen LogP contribution in [0.25, 0.3) is 120 Å². The first kappa shape index (κ1) is 34.0.